The van der Waals surface area contributed by atoms with Gasteiger partial charge in [0.1, 0.15) is 6.04 Å². The molecule has 2 saturated carbocycles. The lowest BCUT2D eigenvalue weighted by atomic mass is 9.84. The van der Waals surface area contributed by atoms with Gasteiger partial charge in [-0.05, 0) is 32.6 Å². The first-order valence-corrected chi connectivity index (χ1v) is 6.94. The summed E-state index contributed by atoms with van der Waals surface area (Å²) in [5, 5.41) is 5.67. The SMILES string of the molecule is CC(NC(=O)C1CCCCC1N)C(=O)NC1CC1. The van der Waals surface area contributed by atoms with Crippen molar-refractivity contribution in [3.8, 4) is 0 Å². The minimum absolute atomic E-state index is 0.0579. The Hall–Kier alpha value is -1.10. The van der Waals surface area contributed by atoms with Crippen LogP contribution in [0.1, 0.15) is 45.4 Å². The smallest absolute Gasteiger partial charge is 0.242 e. The van der Waals surface area contributed by atoms with Gasteiger partial charge in [-0.25, -0.2) is 0 Å². The van der Waals surface area contributed by atoms with Crippen LogP contribution < -0.4 is 16.4 Å². The van der Waals surface area contributed by atoms with E-state index in [-0.39, 0.29) is 23.8 Å². The number of amides is 2. The Balaban J connectivity index is 1.79. The quantitative estimate of drug-likeness (QED) is 0.673. The Bertz CT molecular complexity index is 328. The van der Waals surface area contributed by atoms with Crippen molar-refractivity contribution in [2.45, 2.75) is 63.6 Å². The zero-order valence-electron chi connectivity index (χ0n) is 10.9. The number of carbonyl (C=O) groups excluding carboxylic acids is 2. The van der Waals surface area contributed by atoms with Gasteiger partial charge in [0.15, 0.2) is 0 Å². The molecule has 2 aliphatic rings. The van der Waals surface area contributed by atoms with E-state index in [0.29, 0.717) is 6.04 Å². The highest BCUT2D eigenvalue weighted by Gasteiger charge is 2.31. The van der Waals surface area contributed by atoms with Gasteiger partial charge >= 0.3 is 0 Å². The van der Waals surface area contributed by atoms with E-state index in [2.05, 4.69) is 10.6 Å². The second-order valence-electron chi connectivity index (χ2n) is 5.57. The fraction of sp³-hybridized carbons (Fsp3) is 0.846. The minimum atomic E-state index is -0.466. The summed E-state index contributed by atoms with van der Waals surface area (Å²) in [4.78, 5) is 23.8. The monoisotopic (exact) mass is 253 g/mol. The van der Waals surface area contributed by atoms with Gasteiger partial charge < -0.3 is 16.4 Å². The summed E-state index contributed by atoms with van der Waals surface area (Å²) in [5.41, 5.74) is 5.96. The van der Waals surface area contributed by atoms with Gasteiger partial charge in [-0.15, -0.1) is 0 Å². The second kappa shape index (κ2) is 5.69. The molecule has 2 rings (SSSR count). The standard InChI is InChI=1S/C13H23N3O2/c1-8(12(17)16-9-6-7-9)15-13(18)10-4-2-3-5-11(10)14/h8-11H,2-7,14H2,1H3,(H,15,18)(H,16,17). The Morgan fingerprint density at radius 2 is 1.83 bits per heavy atom. The number of hydrogen-bond donors (Lipinski definition) is 3. The lowest BCUT2D eigenvalue weighted by Crippen LogP contribution is -2.50. The molecule has 0 aromatic carbocycles. The van der Waals surface area contributed by atoms with Gasteiger partial charge in [-0.3, -0.25) is 9.59 Å². The summed E-state index contributed by atoms with van der Waals surface area (Å²) in [6.45, 7) is 1.73. The molecule has 0 bridgehead atoms. The van der Waals surface area contributed by atoms with E-state index in [1.807, 2.05) is 0 Å². The molecular weight excluding hydrogens is 230 g/mol. The van der Waals surface area contributed by atoms with Crippen LogP contribution in [0.15, 0.2) is 0 Å². The molecule has 3 unspecified atom stereocenters. The highest BCUT2D eigenvalue weighted by Crippen LogP contribution is 2.23. The number of nitrogens with one attached hydrogen (secondary N) is 2. The van der Waals surface area contributed by atoms with E-state index in [1.54, 1.807) is 6.92 Å². The minimum Gasteiger partial charge on any atom is -0.352 e. The predicted octanol–water partition coefficient (Wildman–Crippen LogP) is 0.287. The lowest BCUT2D eigenvalue weighted by Gasteiger charge is -2.28. The van der Waals surface area contributed by atoms with E-state index in [1.165, 1.54) is 0 Å². The number of carbonyl (C=O) groups is 2. The molecule has 102 valence electrons. The van der Waals surface area contributed by atoms with E-state index in [4.69, 9.17) is 5.73 Å². The fourth-order valence-electron chi connectivity index (χ4n) is 2.42. The molecule has 0 spiro atoms. The molecule has 0 aromatic heterocycles. The second-order valence-corrected chi connectivity index (χ2v) is 5.57. The van der Waals surface area contributed by atoms with Crippen LogP contribution in [0, 0.1) is 5.92 Å². The maximum absolute atomic E-state index is 12.1. The molecule has 0 aliphatic heterocycles. The first-order valence-electron chi connectivity index (χ1n) is 6.94. The maximum Gasteiger partial charge on any atom is 0.242 e. The Morgan fingerprint density at radius 1 is 1.17 bits per heavy atom. The predicted molar refractivity (Wildman–Crippen MR) is 68.7 cm³/mol. The zero-order chi connectivity index (χ0) is 13.1. The lowest BCUT2D eigenvalue weighted by molar-refractivity contribution is -0.131. The first-order chi connectivity index (χ1) is 8.58. The average molecular weight is 253 g/mol. The van der Waals surface area contributed by atoms with Crippen molar-refractivity contribution >= 4 is 11.8 Å². The summed E-state index contributed by atoms with van der Waals surface area (Å²) in [6, 6.07) is -0.196. The van der Waals surface area contributed by atoms with Crippen LogP contribution in [0.3, 0.4) is 0 Å². The summed E-state index contributed by atoms with van der Waals surface area (Å²) in [7, 11) is 0. The Kier molecular flexibility index (Phi) is 4.22. The van der Waals surface area contributed by atoms with Crippen LogP contribution in [0.5, 0.6) is 0 Å². The van der Waals surface area contributed by atoms with Crippen molar-refractivity contribution in [1.29, 1.82) is 0 Å². The van der Waals surface area contributed by atoms with Gasteiger partial charge in [-0.2, -0.15) is 0 Å². The maximum atomic E-state index is 12.1. The topological polar surface area (TPSA) is 84.2 Å². The third kappa shape index (κ3) is 3.45. The highest BCUT2D eigenvalue weighted by molar-refractivity contribution is 5.88. The van der Waals surface area contributed by atoms with Crippen molar-refractivity contribution in [2.75, 3.05) is 0 Å². The van der Waals surface area contributed by atoms with Gasteiger partial charge in [-0.1, -0.05) is 12.8 Å². The van der Waals surface area contributed by atoms with E-state index < -0.39 is 6.04 Å². The van der Waals surface area contributed by atoms with E-state index >= 15 is 0 Å². The van der Waals surface area contributed by atoms with Crippen LogP contribution in [0.2, 0.25) is 0 Å². The van der Waals surface area contributed by atoms with E-state index in [9.17, 15) is 9.59 Å². The number of rotatable bonds is 4. The van der Waals surface area contributed by atoms with Crippen LogP contribution in [0.25, 0.3) is 0 Å². The third-order valence-corrected chi connectivity index (χ3v) is 3.83. The molecule has 0 aromatic rings. The van der Waals surface area contributed by atoms with Gasteiger partial charge in [0.05, 0.1) is 5.92 Å². The largest absolute Gasteiger partial charge is 0.352 e. The van der Waals surface area contributed by atoms with Crippen LogP contribution in [-0.4, -0.2) is 29.9 Å². The number of nitrogens with two attached hydrogens (primary N) is 1. The molecular formula is C13H23N3O2. The molecule has 0 heterocycles. The molecule has 2 amide bonds. The van der Waals surface area contributed by atoms with Crippen LogP contribution in [0.4, 0.5) is 0 Å². The first kappa shape index (κ1) is 13.3. The molecule has 0 radical (unpaired) electrons. The van der Waals surface area contributed by atoms with Crippen molar-refractivity contribution in [3.05, 3.63) is 0 Å². The molecule has 5 heteroatoms. The fourth-order valence-corrected chi connectivity index (χ4v) is 2.42. The van der Waals surface area contributed by atoms with Crippen molar-refractivity contribution in [1.82, 2.24) is 10.6 Å². The molecule has 2 fully saturated rings. The third-order valence-electron chi connectivity index (χ3n) is 3.83. The van der Waals surface area contributed by atoms with E-state index in [0.717, 1.165) is 38.5 Å². The van der Waals surface area contributed by atoms with Gasteiger partial charge in [0.2, 0.25) is 11.8 Å². The normalized spacial score (nSPS) is 29.4. The summed E-state index contributed by atoms with van der Waals surface area (Å²) >= 11 is 0. The molecule has 18 heavy (non-hydrogen) atoms. The Morgan fingerprint density at radius 3 is 2.44 bits per heavy atom. The van der Waals surface area contributed by atoms with Gasteiger partial charge in [0, 0.05) is 12.1 Å². The zero-order valence-corrected chi connectivity index (χ0v) is 10.9. The summed E-state index contributed by atoms with van der Waals surface area (Å²) in [5.74, 6) is -0.286. The van der Waals surface area contributed by atoms with Crippen LogP contribution in [-0.2, 0) is 9.59 Å². The average Bonchev–Trinajstić information content (AvgIpc) is 3.13. The molecule has 0 saturated heterocycles. The van der Waals surface area contributed by atoms with Gasteiger partial charge in [0.25, 0.3) is 0 Å². The number of hydrogen-bond acceptors (Lipinski definition) is 3. The molecule has 4 N–H and O–H groups in total. The van der Waals surface area contributed by atoms with Crippen molar-refractivity contribution < 1.29 is 9.59 Å². The highest BCUT2D eigenvalue weighted by atomic mass is 16.2. The van der Waals surface area contributed by atoms with Crippen molar-refractivity contribution in [3.63, 3.8) is 0 Å². The molecule has 5 nitrogen and oxygen atoms in total. The van der Waals surface area contributed by atoms with Crippen molar-refractivity contribution in [2.24, 2.45) is 11.7 Å². The summed E-state index contributed by atoms with van der Waals surface area (Å²) in [6.07, 6.45) is 6.00. The summed E-state index contributed by atoms with van der Waals surface area (Å²) < 4.78 is 0. The molecule has 2 aliphatic carbocycles. The molecule has 3 atom stereocenters. The Labute approximate surface area is 108 Å². The van der Waals surface area contributed by atoms with Crippen LogP contribution >= 0.6 is 0 Å².